The van der Waals surface area contributed by atoms with E-state index in [2.05, 4.69) is 37.1 Å². The number of morpholine rings is 1. The lowest BCUT2D eigenvalue weighted by Crippen LogP contribution is -2.54. The number of nitrogens with zero attached hydrogens (tertiary/aromatic N) is 1. The summed E-state index contributed by atoms with van der Waals surface area (Å²) in [7, 11) is 0. The van der Waals surface area contributed by atoms with Gasteiger partial charge in [-0.1, -0.05) is 25.0 Å². The van der Waals surface area contributed by atoms with Gasteiger partial charge in [-0.2, -0.15) is 0 Å². The third-order valence-electron chi connectivity index (χ3n) is 4.63. The van der Waals surface area contributed by atoms with Crippen LogP contribution in [0.5, 0.6) is 0 Å². The molecule has 0 amide bonds. The first-order chi connectivity index (χ1) is 9.72. The molecular weight excluding hydrogens is 248 g/mol. The predicted molar refractivity (Wildman–Crippen MR) is 85.1 cm³/mol. The lowest BCUT2D eigenvalue weighted by atomic mass is 9.95. The van der Waals surface area contributed by atoms with Gasteiger partial charge in [0.05, 0.1) is 18.8 Å². The predicted octanol–water partition coefficient (Wildman–Crippen LogP) is 2.96. The fraction of sp³-hybridized carbons (Fsp3) is 0.882. The Morgan fingerprint density at radius 3 is 2.95 bits per heavy atom. The van der Waals surface area contributed by atoms with Crippen molar-refractivity contribution in [3.8, 4) is 0 Å². The van der Waals surface area contributed by atoms with Gasteiger partial charge in [0.15, 0.2) is 0 Å². The first kappa shape index (κ1) is 16.0. The number of likely N-dealkylation sites (N-methyl/N-ethyl adjacent to an activating group) is 1. The third kappa shape index (κ3) is 4.31. The number of rotatable bonds is 5. The summed E-state index contributed by atoms with van der Waals surface area (Å²) in [6.45, 7) is 10.8. The van der Waals surface area contributed by atoms with Crippen molar-refractivity contribution in [3.05, 3.63) is 11.6 Å². The van der Waals surface area contributed by atoms with E-state index in [9.17, 15) is 0 Å². The molecule has 3 heteroatoms. The number of ether oxygens (including phenoxy) is 1. The Labute approximate surface area is 124 Å². The summed E-state index contributed by atoms with van der Waals surface area (Å²) in [5, 5.41) is 3.69. The lowest BCUT2D eigenvalue weighted by molar-refractivity contribution is -0.0500. The number of allylic oxidation sites excluding steroid dienone is 1. The summed E-state index contributed by atoms with van der Waals surface area (Å²) in [5.74, 6) is 0. The van der Waals surface area contributed by atoms with Crippen LogP contribution in [0.4, 0.5) is 0 Å². The average Bonchev–Trinajstić information content (AvgIpc) is 2.74. The Morgan fingerprint density at radius 2 is 2.20 bits per heavy atom. The number of hydrogen-bond acceptors (Lipinski definition) is 3. The van der Waals surface area contributed by atoms with Crippen molar-refractivity contribution in [2.75, 3.05) is 26.2 Å². The highest BCUT2D eigenvalue weighted by molar-refractivity contribution is 5.15. The van der Waals surface area contributed by atoms with Gasteiger partial charge in [0, 0.05) is 19.1 Å². The highest BCUT2D eigenvalue weighted by Gasteiger charge is 2.30. The molecule has 0 spiro atoms. The minimum absolute atomic E-state index is 0.315. The van der Waals surface area contributed by atoms with E-state index in [1.807, 2.05) is 0 Å². The van der Waals surface area contributed by atoms with Crippen LogP contribution in [-0.2, 0) is 4.74 Å². The Balaban J connectivity index is 2.04. The summed E-state index contributed by atoms with van der Waals surface area (Å²) in [6.07, 6.45) is 9.37. The Morgan fingerprint density at radius 1 is 1.35 bits per heavy atom. The smallest absolute Gasteiger partial charge is 0.0893 e. The molecule has 20 heavy (non-hydrogen) atoms. The van der Waals surface area contributed by atoms with Crippen molar-refractivity contribution in [1.29, 1.82) is 0 Å². The standard InChI is InChI=1S/C17H32N2O/c1-4-18-17(15-9-7-5-6-8-10-15)16-13-19(14(2)3)11-12-20-16/h9,14,16-18H,4-8,10-13H2,1-3H3. The van der Waals surface area contributed by atoms with Crippen molar-refractivity contribution >= 4 is 0 Å². The Kier molecular flexibility index (Phi) is 6.53. The zero-order valence-corrected chi connectivity index (χ0v) is 13.5. The molecule has 2 atom stereocenters. The minimum Gasteiger partial charge on any atom is -0.374 e. The van der Waals surface area contributed by atoms with E-state index >= 15 is 0 Å². The quantitative estimate of drug-likeness (QED) is 0.784. The largest absolute Gasteiger partial charge is 0.374 e. The van der Waals surface area contributed by atoms with E-state index in [4.69, 9.17) is 4.74 Å². The molecule has 1 N–H and O–H groups in total. The van der Waals surface area contributed by atoms with Gasteiger partial charge in [-0.3, -0.25) is 4.90 Å². The Hall–Kier alpha value is -0.380. The summed E-state index contributed by atoms with van der Waals surface area (Å²) in [5.41, 5.74) is 1.60. The van der Waals surface area contributed by atoms with Gasteiger partial charge in [-0.05, 0) is 46.1 Å². The van der Waals surface area contributed by atoms with Crippen molar-refractivity contribution < 1.29 is 4.74 Å². The van der Waals surface area contributed by atoms with Crippen molar-refractivity contribution in [2.45, 2.75) is 71.1 Å². The third-order valence-corrected chi connectivity index (χ3v) is 4.63. The maximum atomic E-state index is 6.12. The second-order valence-electron chi connectivity index (χ2n) is 6.41. The summed E-state index contributed by atoms with van der Waals surface area (Å²) in [6, 6.07) is 1.03. The molecule has 116 valence electrons. The van der Waals surface area contributed by atoms with Gasteiger partial charge in [-0.25, -0.2) is 0 Å². The van der Waals surface area contributed by atoms with E-state index in [1.54, 1.807) is 5.57 Å². The number of hydrogen-bond donors (Lipinski definition) is 1. The molecule has 1 aliphatic carbocycles. The van der Waals surface area contributed by atoms with Gasteiger partial charge >= 0.3 is 0 Å². The molecule has 0 aromatic rings. The van der Waals surface area contributed by atoms with E-state index in [0.29, 0.717) is 18.2 Å². The van der Waals surface area contributed by atoms with Crippen LogP contribution in [0, 0.1) is 0 Å². The minimum atomic E-state index is 0.315. The topological polar surface area (TPSA) is 24.5 Å². The molecule has 0 aromatic heterocycles. The van der Waals surface area contributed by atoms with Crippen molar-refractivity contribution in [1.82, 2.24) is 10.2 Å². The average molecular weight is 280 g/mol. The summed E-state index contributed by atoms with van der Waals surface area (Å²) < 4.78 is 6.12. The zero-order valence-electron chi connectivity index (χ0n) is 13.5. The van der Waals surface area contributed by atoms with E-state index in [0.717, 1.165) is 26.2 Å². The second-order valence-corrected chi connectivity index (χ2v) is 6.41. The molecule has 2 rings (SSSR count). The van der Waals surface area contributed by atoms with Crippen LogP contribution in [0.15, 0.2) is 11.6 Å². The zero-order chi connectivity index (χ0) is 14.4. The van der Waals surface area contributed by atoms with E-state index in [-0.39, 0.29) is 0 Å². The molecule has 0 bridgehead atoms. The highest BCUT2D eigenvalue weighted by Crippen LogP contribution is 2.24. The van der Waals surface area contributed by atoms with Gasteiger partial charge < -0.3 is 10.1 Å². The van der Waals surface area contributed by atoms with Crippen molar-refractivity contribution in [3.63, 3.8) is 0 Å². The summed E-state index contributed by atoms with van der Waals surface area (Å²) >= 11 is 0. The van der Waals surface area contributed by atoms with Crippen LogP contribution >= 0.6 is 0 Å². The Bertz CT molecular complexity index is 314. The fourth-order valence-electron chi connectivity index (χ4n) is 3.41. The first-order valence-corrected chi connectivity index (χ1v) is 8.50. The molecular formula is C17H32N2O. The van der Waals surface area contributed by atoms with Gasteiger partial charge in [0.2, 0.25) is 0 Å². The SMILES string of the molecule is CCNC(C1=CCCCCC1)C1CN(C(C)C)CCO1. The molecule has 0 radical (unpaired) electrons. The monoisotopic (exact) mass is 280 g/mol. The second kappa shape index (κ2) is 8.16. The van der Waals surface area contributed by atoms with Crippen molar-refractivity contribution in [2.24, 2.45) is 0 Å². The number of nitrogens with one attached hydrogen (secondary N) is 1. The van der Waals surface area contributed by atoms with Crippen LogP contribution in [0.25, 0.3) is 0 Å². The first-order valence-electron chi connectivity index (χ1n) is 8.50. The van der Waals surface area contributed by atoms with Crippen LogP contribution in [0.3, 0.4) is 0 Å². The van der Waals surface area contributed by atoms with Crippen LogP contribution < -0.4 is 5.32 Å². The molecule has 0 aromatic carbocycles. The van der Waals surface area contributed by atoms with E-state index in [1.165, 1.54) is 32.1 Å². The molecule has 1 heterocycles. The maximum Gasteiger partial charge on any atom is 0.0893 e. The highest BCUT2D eigenvalue weighted by atomic mass is 16.5. The molecule has 2 unspecified atom stereocenters. The molecule has 1 saturated heterocycles. The van der Waals surface area contributed by atoms with Gasteiger partial charge in [0.25, 0.3) is 0 Å². The van der Waals surface area contributed by atoms with Crippen LogP contribution in [0.1, 0.15) is 52.9 Å². The lowest BCUT2D eigenvalue weighted by Gasteiger charge is -2.40. The van der Waals surface area contributed by atoms with Crippen LogP contribution in [0.2, 0.25) is 0 Å². The molecule has 1 aliphatic heterocycles. The fourth-order valence-corrected chi connectivity index (χ4v) is 3.41. The molecule has 0 saturated carbocycles. The molecule has 2 aliphatic rings. The van der Waals surface area contributed by atoms with Gasteiger partial charge in [-0.15, -0.1) is 0 Å². The normalized spacial score (nSPS) is 27.2. The van der Waals surface area contributed by atoms with Crippen LogP contribution in [-0.4, -0.2) is 49.3 Å². The summed E-state index contributed by atoms with van der Waals surface area (Å²) in [4.78, 5) is 2.55. The maximum absolute atomic E-state index is 6.12. The van der Waals surface area contributed by atoms with E-state index < -0.39 is 0 Å². The van der Waals surface area contributed by atoms with Gasteiger partial charge in [0.1, 0.15) is 0 Å². The molecule has 1 fully saturated rings. The molecule has 3 nitrogen and oxygen atoms in total.